The van der Waals surface area contributed by atoms with Crippen LogP contribution in [0.3, 0.4) is 0 Å². The van der Waals surface area contributed by atoms with E-state index in [1.54, 1.807) is 62.8 Å². The summed E-state index contributed by atoms with van der Waals surface area (Å²) in [5, 5.41) is 23.3. The number of rotatable bonds is 33. The summed E-state index contributed by atoms with van der Waals surface area (Å²) in [5.74, 6) is -2.30. The van der Waals surface area contributed by atoms with Gasteiger partial charge in [0.05, 0.1) is 116 Å². The number of anilines is 4. The standard InChI is InChI=1S/C34H41ClFN5O4S.C30H40FN3O4S.C28H38FN3O3S.C8H13NO4.H2/c1-33(2,3)46(44)40-34(17-16-22-10-11-22,23-8-6-5-7-9-23)24-12-14-27(36)28(18-24)38-31(42)29-19-26(45-4)21-41(29)32(43)39-30-15-13-25(35)20-37-30;1-20(35)34-19-24(38-5)18-27(34)28(36)32-26-17-23(13-14-25(26)31)30(16-15-21-11-12-21,22-9-7-6-8-10-22)33-39(37)29(2,3)4;1-27(2,3)36(34)32-28(15-14-19-10-11-19,20-8-6-5-7-9-20)21-12-13-23(29)24(16-21)31-26(33)25-17-22(35-4)18-30-25;1-5(10)9-4-6(13-2)3-7(9)8(11)12;/h5-9,12-15,18,20,22,26,29,40H,10-11,16-17,19,21H2,1-4H3,(H,38,42)(H,37,39,43);6-10,13-14,17,21,24,27,33H,11-12,15-16,18-19H2,1-5H3,(H,32,36);5-9,12-13,16,19,22,25,30,32H,10-11,14-15,17-18H2,1-4H3,(H,31,33);6-7H,3-4H2,1-2H3,(H,11,12);1H/t26-,29-,34?,46-;24-,27-,30?,39-;22-,25-,28?,36-;6-,7-;/m1111./s1. The van der Waals surface area contributed by atoms with Gasteiger partial charge >= 0.3 is 12.0 Å². The predicted molar refractivity (Wildman–Crippen MR) is 520 cm³/mol. The summed E-state index contributed by atoms with van der Waals surface area (Å²) in [6.45, 7) is 21.5. The molecule has 0 radical (unpaired) electrons. The Morgan fingerprint density at radius 3 is 1.07 bits per heavy atom. The highest BCUT2D eigenvalue weighted by atomic mass is 35.5. The van der Waals surface area contributed by atoms with Gasteiger partial charge in [-0.05, 0) is 207 Å². The van der Waals surface area contributed by atoms with Gasteiger partial charge < -0.3 is 60.0 Å². The highest BCUT2D eigenvalue weighted by Crippen LogP contribution is 2.47. The topological polar surface area (TPSA) is 347 Å². The van der Waals surface area contributed by atoms with E-state index in [0.29, 0.717) is 92.1 Å². The van der Waals surface area contributed by atoms with Crippen LogP contribution in [-0.4, -0.2) is 196 Å². The number of nitrogens with zero attached hydrogens (tertiary/aromatic N) is 4. The number of hydrogen-bond acceptors (Lipinski definition) is 16. The van der Waals surface area contributed by atoms with Gasteiger partial charge in [0.15, 0.2) is 0 Å². The number of aromatic nitrogens is 1. The lowest BCUT2D eigenvalue weighted by atomic mass is 9.79. The molecule has 9 N–H and O–H groups in total. The number of benzene rings is 6. The smallest absolute Gasteiger partial charge is 0.326 e. The number of carboxylic acids is 1. The number of carboxylic acid groups (broad SMARTS) is 1. The lowest BCUT2D eigenvalue weighted by Crippen LogP contribution is -2.49. The quantitative estimate of drug-likeness (QED) is 0.0184. The third kappa shape index (κ3) is 27.6. The zero-order valence-corrected chi connectivity index (χ0v) is 82.5. The molecule has 14 atom stereocenters. The zero-order valence-electron chi connectivity index (χ0n) is 79.3. The molecule has 4 aliphatic heterocycles. The molecule has 6 aromatic carbocycles. The Labute approximate surface area is 799 Å². The summed E-state index contributed by atoms with van der Waals surface area (Å²) in [4.78, 5) is 95.4. The van der Waals surface area contributed by atoms with Gasteiger partial charge in [-0.3, -0.25) is 29.3 Å². The van der Waals surface area contributed by atoms with Gasteiger partial charge in [0.2, 0.25) is 29.5 Å². The number of amides is 7. The number of carbonyl (C=O) groups is 7. The van der Waals surface area contributed by atoms with Crippen LogP contribution in [0.5, 0.6) is 0 Å². The lowest BCUT2D eigenvalue weighted by molar-refractivity contribution is -0.147. The van der Waals surface area contributed by atoms with Crippen molar-refractivity contribution in [2.75, 3.05) is 75.9 Å². The third-order valence-electron chi connectivity index (χ3n) is 25.7. The van der Waals surface area contributed by atoms with Crippen molar-refractivity contribution in [3.8, 4) is 0 Å². The minimum absolute atomic E-state index is 0. The molecule has 7 amide bonds. The monoisotopic (exact) mass is 1930 g/mol. The first-order valence-electron chi connectivity index (χ1n) is 45.9. The summed E-state index contributed by atoms with van der Waals surface area (Å²) in [5.41, 5.74) is 2.49. The van der Waals surface area contributed by atoms with Crippen LogP contribution in [-0.2, 0) is 97.3 Å². The van der Waals surface area contributed by atoms with E-state index in [1.807, 2.05) is 153 Å². The van der Waals surface area contributed by atoms with Crippen molar-refractivity contribution in [3.05, 3.63) is 220 Å². The molecule has 7 fully saturated rings. The van der Waals surface area contributed by atoms with Crippen molar-refractivity contribution >= 4 is 109 Å². The van der Waals surface area contributed by atoms with Gasteiger partial charge in [0, 0.05) is 95.4 Å². The fourth-order valence-corrected chi connectivity index (χ4v) is 20.0. The van der Waals surface area contributed by atoms with E-state index >= 15 is 8.78 Å². The van der Waals surface area contributed by atoms with Crippen LogP contribution >= 0.6 is 11.6 Å². The van der Waals surface area contributed by atoms with Gasteiger partial charge in [-0.2, -0.15) is 0 Å². The number of hydrogen-bond donors (Lipinski definition) is 9. The van der Waals surface area contributed by atoms with E-state index < -0.39 is 129 Å². The highest BCUT2D eigenvalue weighted by Gasteiger charge is 2.48. The summed E-state index contributed by atoms with van der Waals surface area (Å²) in [7, 11) is 1.92. The predicted octanol–water partition coefficient (Wildman–Crippen LogP) is 16.1. The minimum Gasteiger partial charge on any atom is -0.480 e. The second-order valence-corrected chi connectivity index (χ2v) is 45.1. The first-order chi connectivity index (χ1) is 63.5. The van der Waals surface area contributed by atoms with Crippen LogP contribution in [0.15, 0.2) is 164 Å². The minimum atomic E-state index is -1.47. The molecule has 3 saturated carbocycles. The average molecular weight is 1930 g/mol. The molecule has 4 saturated heterocycles. The molecule has 3 unspecified atom stereocenters. The maximum absolute atomic E-state index is 15.5. The second kappa shape index (κ2) is 46.3. The average Bonchev–Trinajstić information content (AvgIpc) is 1.37. The molecular weight excluding hydrogens is 1800 g/mol. The normalized spacial score (nSPS) is 22.1. The first kappa shape index (κ1) is 105. The molecule has 3 aliphatic carbocycles. The maximum Gasteiger partial charge on any atom is 0.326 e. The molecule has 0 bridgehead atoms. The molecule has 5 heterocycles. The summed E-state index contributed by atoms with van der Waals surface area (Å²) in [6, 6.07) is 43.4. The fraction of sp³-hybridized carbons (Fsp3) is 0.520. The molecule has 0 spiro atoms. The SMILES string of the molecule is CO[C@@H]1C[C@H](C(=O)Nc2cc(C(CCC3CC3)(N[S@](=O)C(C)(C)C)c3ccccc3)ccc2F)N(C(=O)Nc2ccc(Cl)cn2)C1.CO[C@@H]1C[C@H](C(=O)Nc2cc(C(CCC3CC3)(N[S@](=O)C(C)(C)C)c3ccccc3)ccc2F)N(C(C)=O)C1.CO[C@@H]1C[C@H](C(=O)O)N(C(C)=O)C1.CO[C@H]1CN[C@@H](C(=O)Nc2cc(C(CCC3CC3)(N[S@](=O)C(C)(C)C)c3ccccc3)ccc2F)C1.[HH]. The third-order valence-corrected chi connectivity index (χ3v) is 30.9. The molecule has 7 aromatic rings. The molecule has 1 aromatic heterocycles. The Balaban J connectivity index is 0.000000196. The van der Waals surface area contributed by atoms with E-state index in [9.17, 15) is 50.6 Å². The van der Waals surface area contributed by atoms with Gasteiger partial charge in [-0.25, -0.2) is 54.5 Å². The Morgan fingerprint density at radius 2 is 0.769 bits per heavy atom. The van der Waals surface area contributed by atoms with Crippen molar-refractivity contribution in [2.45, 2.75) is 258 Å². The van der Waals surface area contributed by atoms with E-state index in [4.69, 9.17) is 35.7 Å². The number of aliphatic carboxylic acids is 1. The zero-order chi connectivity index (χ0) is 97.4. The number of urea groups is 1. The second-order valence-electron chi connectivity index (χ2n) is 38.8. The summed E-state index contributed by atoms with van der Waals surface area (Å²) >= 11 is 5.92. The largest absolute Gasteiger partial charge is 0.480 e. The number of methoxy groups -OCH3 is 4. The lowest BCUT2D eigenvalue weighted by Gasteiger charge is -2.38. The molecular formula is C100H134ClF3N12O15S3. The van der Waals surface area contributed by atoms with Crippen molar-refractivity contribution in [1.82, 2.24) is 39.2 Å². The first-order valence-corrected chi connectivity index (χ1v) is 49.7. The summed E-state index contributed by atoms with van der Waals surface area (Å²) < 4.78 is 116. The molecule has 34 heteroatoms. The number of likely N-dealkylation sites (tertiary alicyclic amines) is 3. The number of pyridine rings is 1. The Hall–Kier alpha value is -9.23. The molecule has 14 rings (SSSR count). The van der Waals surface area contributed by atoms with Crippen LogP contribution in [0.25, 0.3) is 0 Å². The number of ether oxygens (including phenoxy) is 4. The molecule has 134 heavy (non-hydrogen) atoms. The number of carbonyl (C=O) groups excluding carboxylic acids is 6. The Morgan fingerprint density at radius 1 is 0.440 bits per heavy atom. The molecule has 7 aliphatic rings. The summed E-state index contributed by atoms with van der Waals surface area (Å²) in [6.07, 6.45) is 13.9. The molecule has 730 valence electrons. The number of nitrogens with one attached hydrogen (secondary N) is 8. The van der Waals surface area contributed by atoms with E-state index in [2.05, 4.69) is 45.7 Å². The van der Waals surface area contributed by atoms with Crippen LogP contribution < -0.4 is 40.8 Å². The molecule has 27 nitrogen and oxygen atoms in total. The van der Waals surface area contributed by atoms with Crippen LogP contribution in [0.2, 0.25) is 5.02 Å². The maximum atomic E-state index is 15.5. The Kier molecular flexibility index (Phi) is 36.3. The Bertz CT molecular complexity index is 5270. The van der Waals surface area contributed by atoms with Crippen molar-refractivity contribution < 1.29 is 84.8 Å². The van der Waals surface area contributed by atoms with Gasteiger partial charge in [0.1, 0.15) is 41.4 Å². The van der Waals surface area contributed by atoms with Crippen molar-refractivity contribution in [1.29, 1.82) is 0 Å². The van der Waals surface area contributed by atoms with Crippen molar-refractivity contribution in [3.63, 3.8) is 0 Å². The van der Waals surface area contributed by atoms with Gasteiger partial charge in [0.25, 0.3) is 0 Å². The van der Waals surface area contributed by atoms with E-state index in [1.165, 1.54) is 92.8 Å². The highest BCUT2D eigenvalue weighted by molar-refractivity contribution is 7.85. The van der Waals surface area contributed by atoms with Crippen LogP contribution in [0.1, 0.15) is 214 Å². The van der Waals surface area contributed by atoms with E-state index in [0.717, 1.165) is 54.4 Å². The fourth-order valence-electron chi connectivity index (χ4n) is 17.0. The van der Waals surface area contributed by atoms with Crippen molar-refractivity contribution in [2.24, 2.45) is 17.8 Å². The van der Waals surface area contributed by atoms with Crippen LogP contribution in [0, 0.1) is 35.2 Å². The van der Waals surface area contributed by atoms with Gasteiger partial charge in [-0.15, -0.1) is 0 Å². The van der Waals surface area contributed by atoms with Gasteiger partial charge in [-0.1, -0.05) is 159 Å². The van der Waals surface area contributed by atoms with E-state index in [-0.39, 0.29) is 79.4 Å². The number of halogens is 4. The van der Waals surface area contributed by atoms with Crippen LogP contribution in [0.4, 0.5) is 40.8 Å².